The number of nitrogens with zero attached hydrogens (tertiary/aromatic N) is 2. The number of anilines is 2. The van der Waals surface area contributed by atoms with Gasteiger partial charge in [-0.3, -0.25) is 14.6 Å². The first-order valence-electron chi connectivity index (χ1n) is 11.1. The number of aromatic amines is 1. The maximum absolute atomic E-state index is 13.3. The Morgan fingerprint density at radius 1 is 1.06 bits per heavy atom. The Bertz CT molecular complexity index is 1600. The summed E-state index contributed by atoms with van der Waals surface area (Å²) in [7, 11) is 0. The first-order valence-corrected chi connectivity index (χ1v) is 11.1. The summed E-state index contributed by atoms with van der Waals surface area (Å²) in [6, 6.07) is 18.7. The number of carbonyl (C=O) groups is 1. The van der Waals surface area contributed by atoms with E-state index in [1.807, 2.05) is 68.4 Å². The molecule has 5 aromatic rings. The van der Waals surface area contributed by atoms with Crippen molar-refractivity contribution < 1.29 is 9.32 Å². The Hall–Kier alpha value is -4.78. The maximum atomic E-state index is 13.3. The molecule has 0 saturated carbocycles. The van der Waals surface area contributed by atoms with E-state index in [1.54, 1.807) is 24.5 Å². The van der Waals surface area contributed by atoms with Gasteiger partial charge < -0.3 is 14.8 Å². The molecule has 0 saturated heterocycles. The molecule has 7 nitrogen and oxygen atoms in total. The van der Waals surface area contributed by atoms with E-state index >= 15 is 0 Å². The molecule has 3 heterocycles. The minimum Gasteiger partial charge on any atom is -0.361 e. The maximum Gasteiger partial charge on any atom is 0.261 e. The lowest BCUT2D eigenvalue weighted by molar-refractivity contribution is 0.104. The number of rotatable bonds is 6. The molecule has 0 spiro atoms. The predicted molar refractivity (Wildman–Crippen MR) is 137 cm³/mol. The van der Waals surface area contributed by atoms with E-state index in [-0.39, 0.29) is 5.56 Å². The number of hydrogen-bond acceptors (Lipinski definition) is 6. The zero-order valence-corrected chi connectivity index (χ0v) is 19.2. The molecule has 0 radical (unpaired) electrons. The number of nitrogens with one attached hydrogen (secondary N) is 2. The number of carbonyl (C=O) groups excluding carboxylic acids is 1. The van der Waals surface area contributed by atoms with Gasteiger partial charge in [0.05, 0.1) is 28.8 Å². The zero-order chi connectivity index (χ0) is 24.4. The highest BCUT2D eigenvalue weighted by molar-refractivity contribution is 6.15. The molecule has 0 amide bonds. The summed E-state index contributed by atoms with van der Waals surface area (Å²) < 4.78 is 5.35. The molecule has 0 aliphatic rings. The number of H-pyrrole nitrogens is 1. The van der Waals surface area contributed by atoms with Gasteiger partial charge in [0.25, 0.3) is 5.56 Å². The minimum atomic E-state index is -0.475. The van der Waals surface area contributed by atoms with Crippen LogP contribution < -0.4 is 10.9 Å². The molecule has 35 heavy (non-hydrogen) atoms. The Kier molecular flexibility index (Phi) is 5.81. The van der Waals surface area contributed by atoms with E-state index in [2.05, 4.69) is 20.4 Å². The Balaban J connectivity index is 1.71. The van der Waals surface area contributed by atoms with Crippen molar-refractivity contribution >= 4 is 34.1 Å². The first-order chi connectivity index (χ1) is 17.0. The highest BCUT2D eigenvalue weighted by Crippen LogP contribution is 2.34. The molecule has 2 aromatic carbocycles. The molecule has 5 rings (SSSR count). The lowest BCUT2D eigenvalue weighted by Crippen LogP contribution is -2.19. The second-order valence-corrected chi connectivity index (χ2v) is 8.14. The number of pyridine rings is 2. The Morgan fingerprint density at radius 3 is 2.60 bits per heavy atom. The second-order valence-electron chi connectivity index (χ2n) is 8.14. The van der Waals surface area contributed by atoms with Gasteiger partial charge in [-0.15, -0.1) is 0 Å². The van der Waals surface area contributed by atoms with Gasteiger partial charge >= 0.3 is 0 Å². The van der Waals surface area contributed by atoms with Gasteiger partial charge in [-0.05, 0) is 55.3 Å². The van der Waals surface area contributed by atoms with Crippen LogP contribution in [0.25, 0.3) is 28.1 Å². The topological polar surface area (TPSA) is 101 Å². The lowest BCUT2D eigenvalue weighted by atomic mass is 9.98. The van der Waals surface area contributed by atoms with E-state index in [0.717, 1.165) is 22.4 Å². The molecule has 0 fully saturated rings. The normalized spacial score (nSPS) is 11.3. The van der Waals surface area contributed by atoms with E-state index in [9.17, 15) is 9.59 Å². The van der Waals surface area contributed by atoms with Gasteiger partial charge in [0, 0.05) is 17.1 Å². The van der Waals surface area contributed by atoms with Crippen molar-refractivity contribution in [2.75, 3.05) is 5.32 Å². The number of fused-ring (bicyclic) bond motifs is 1. The third-order valence-corrected chi connectivity index (χ3v) is 5.74. The average molecular weight is 463 g/mol. The molecule has 172 valence electrons. The van der Waals surface area contributed by atoms with Crippen molar-refractivity contribution in [2.45, 2.75) is 13.8 Å². The van der Waals surface area contributed by atoms with Crippen LogP contribution in [0.2, 0.25) is 0 Å². The van der Waals surface area contributed by atoms with Crippen LogP contribution in [0.15, 0.2) is 88.5 Å². The second kappa shape index (κ2) is 9.23. The first kappa shape index (κ1) is 22.0. The number of aryl methyl sites for hydroxylation is 2. The van der Waals surface area contributed by atoms with Gasteiger partial charge in [-0.25, -0.2) is 0 Å². The number of benzene rings is 2. The third-order valence-electron chi connectivity index (χ3n) is 5.74. The average Bonchev–Trinajstić information content (AvgIpc) is 3.21. The van der Waals surface area contributed by atoms with Gasteiger partial charge in [-0.2, -0.15) is 0 Å². The lowest BCUT2D eigenvalue weighted by Gasteiger charge is -2.14. The molecule has 0 bridgehead atoms. The minimum absolute atomic E-state index is 0.0180. The number of allylic oxidation sites excluding steroid dienone is 1. The van der Waals surface area contributed by atoms with Crippen LogP contribution in [0.5, 0.6) is 0 Å². The molecule has 3 aromatic heterocycles. The molecule has 7 heteroatoms. The summed E-state index contributed by atoms with van der Waals surface area (Å²) in [4.78, 5) is 33.5. The highest BCUT2D eigenvalue weighted by atomic mass is 16.5. The van der Waals surface area contributed by atoms with Crippen LogP contribution in [0.1, 0.15) is 27.4 Å². The molecule has 0 aliphatic heterocycles. The SMILES string of the molecule is Cc1noc(C)c1-c1ccc2[nH]c(=O)c(C(=O)/C=C/c3ccccc3)c(Nc3cccnc3)c2c1. The van der Waals surface area contributed by atoms with Gasteiger partial charge in [-0.1, -0.05) is 47.6 Å². The highest BCUT2D eigenvalue weighted by Gasteiger charge is 2.20. The van der Waals surface area contributed by atoms with Gasteiger partial charge in [0.2, 0.25) is 0 Å². The van der Waals surface area contributed by atoms with E-state index in [0.29, 0.717) is 28.0 Å². The summed E-state index contributed by atoms with van der Waals surface area (Å²) in [5.41, 5.74) is 4.57. The van der Waals surface area contributed by atoms with Crippen molar-refractivity contribution in [3.63, 3.8) is 0 Å². The summed E-state index contributed by atoms with van der Waals surface area (Å²) in [5, 5.41) is 8.00. The smallest absolute Gasteiger partial charge is 0.261 e. The number of ketones is 1. The van der Waals surface area contributed by atoms with Crippen LogP contribution in [0.3, 0.4) is 0 Å². The molecule has 0 unspecified atom stereocenters. The van der Waals surface area contributed by atoms with Crippen molar-refractivity contribution in [3.05, 3.63) is 112 Å². The number of hydrogen-bond donors (Lipinski definition) is 2. The van der Waals surface area contributed by atoms with E-state index in [4.69, 9.17) is 4.52 Å². The van der Waals surface area contributed by atoms with Crippen molar-refractivity contribution in [3.8, 4) is 11.1 Å². The molecule has 0 aliphatic carbocycles. The van der Waals surface area contributed by atoms with Gasteiger partial charge in [0.1, 0.15) is 11.3 Å². The summed E-state index contributed by atoms with van der Waals surface area (Å²) in [5.74, 6) is 0.279. The van der Waals surface area contributed by atoms with E-state index < -0.39 is 11.3 Å². The standard InChI is InChI=1S/C28H22N4O3/c1-17-25(18(2)35-32-17)20-11-12-23-22(15-20)27(30-21-9-6-14-29-16-21)26(28(34)31-23)24(33)13-10-19-7-4-3-5-8-19/h3-16H,1-2H3,(H2,30,31,34)/b13-10+. The van der Waals surface area contributed by atoms with Gasteiger partial charge in [0.15, 0.2) is 5.78 Å². The van der Waals surface area contributed by atoms with Crippen LogP contribution >= 0.6 is 0 Å². The molecule has 2 N–H and O–H groups in total. The number of aromatic nitrogens is 3. The fourth-order valence-corrected chi connectivity index (χ4v) is 4.11. The van der Waals surface area contributed by atoms with E-state index in [1.165, 1.54) is 6.08 Å². The molecule has 0 atom stereocenters. The van der Waals surface area contributed by atoms with Crippen molar-refractivity contribution in [1.29, 1.82) is 0 Å². The summed E-state index contributed by atoms with van der Waals surface area (Å²) in [6.45, 7) is 3.73. The largest absolute Gasteiger partial charge is 0.361 e. The monoisotopic (exact) mass is 462 g/mol. The van der Waals surface area contributed by atoms with Crippen LogP contribution in [-0.4, -0.2) is 20.9 Å². The fraction of sp³-hybridized carbons (Fsp3) is 0.0714. The quantitative estimate of drug-likeness (QED) is 0.243. The Labute approximate surface area is 201 Å². The van der Waals surface area contributed by atoms with Crippen molar-refractivity contribution in [1.82, 2.24) is 15.1 Å². The Morgan fingerprint density at radius 2 is 1.89 bits per heavy atom. The zero-order valence-electron chi connectivity index (χ0n) is 19.2. The van der Waals surface area contributed by atoms with Crippen molar-refractivity contribution in [2.24, 2.45) is 0 Å². The molecular formula is C28H22N4O3. The predicted octanol–water partition coefficient (Wildman–Crippen LogP) is 5.83. The third kappa shape index (κ3) is 4.39. The van der Waals surface area contributed by atoms with Crippen LogP contribution in [-0.2, 0) is 0 Å². The summed E-state index contributed by atoms with van der Waals surface area (Å²) in [6.07, 6.45) is 6.41. The fourth-order valence-electron chi connectivity index (χ4n) is 4.11. The summed E-state index contributed by atoms with van der Waals surface area (Å²) >= 11 is 0. The molecular weight excluding hydrogens is 440 g/mol. The van der Waals surface area contributed by atoms with Crippen LogP contribution in [0, 0.1) is 13.8 Å². The van der Waals surface area contributed by atoms with Crippen LogP contribution in [0.4, 0.5) is 11.4 Å².